The van der Waals surface area contributed by atoms with E-state index in [1.807, 2.05) is 19.1 Å². The fourth-order valence-electron chi connectivity index (χ4n) is 2.82. The normalized spacial score (nSPS) is 15.7. The average Bonchev–Trinajstić information content (AvgIpc) is 2.51. The topological polar surface area (TPSA) is 38.3 Å². The van der Waals surface area contributed by atoms with Crippen molar-refractivity contribution in [1.82, 2.24) is 5.32 Å². The van der Waals surface area contributed by atoms with Gasteiger partial charge in [0.25, 0.3) is 0 Å². The molecule has 1 unspecified atom stereocenters. The summed E-state index contributed by atoms with van der Waals surface area (Å²) in [6.07, 6.45) is -0.374. The van der Waals surface area contributed by atoms with Gasteiger partial charge in [-0.2, -0.15) is 0 Å². The first kappa shape index (κ1) is 15.0. The SMILES string of the molecule is CCOC(=O)NC1c2ccccc2Sc2c(C)ccc(C)c21. The Labute approximate surface area is 135 Å². The lowest BCUT2D eigenvalue weighted by Crippen LogP contribution is -2.32. The molecule has 0 fully saturated rings. The summed E-state index contributed by atoms with van der Waals surface area (Å²) in [5, 5.41) is 3.03. The summed E-state index contributed by atoms with van der Waals surface area (Å²) in [4.78, 5) is 14.4. The van der Waals surface area contributed by atoms with E-state index in [0.717, 1.165) is 5.56 Å². The van der Waals surface area contributed by atoms with Crippen molar-refractivity contribution in [3.63, 3.8) is 0 Å². The maximum absolute atomic E-state index is 12.0. The van der Waals surface area contributed by atoms with Crippen LogP contribution in [0.5, 0.6) is 0 Å². The minimum atomic E-state index is -0.374. The van der Waals surface area contributed by atoms with Gasteiger partial charge in [-0.15, -0.1) is 0 Å². The van der Waals surface area contributed by atoms with Crippen LogP contribution in [0.2, 0.25) is 0 Å². The molecule has 0 radical (unpaired) electrons. The van der Waals surface area contributed by atoms with Crippen LogP contribution in [0.1, 0.15) is 35.2 Å². The van der Waals surface area contributed by atoms with E-state index in [9.17, 15) is 4.79 Å². The molecule has 0 saturated heterocycles. The summed E-state index contributed by atoms with van der Waals surface area (Å²) in [6, 6.07) is 12.3. The predicted octanol–water partition coefficient (Wildman–Crippen LogP) is 4.60. The van der Waals surface area contributed by atoms with Crippen molar-refractivity contribution < 1.29 is 9.53 Å². The fraction of sp³-hybridized carbons (Fsp3) is 0.278. The molecule has 1 aliphatic rings. The average molecular weight is 313 g/mol. The smallest absolute Gasteiger partial charge is 0.407 e. The number of benzene rings is 2. The zero-order chi connectivity index (χ0) is 15.7. The zero-order valence-electron chi connectivity index (χ0n) is 13.0. The summed E-state index contributed by atoms with van der Waals surface area (Å²) in [6.45, 7) is 6.38. The van der Waals surface area contributed by atoms with E-state index < -0.39 is 0 Å². The Bertz CT molecular complexity index is 727. The van der Waals surface area contributed by atoms with Crippen molar-refractivity contribution in [3.05, 3.63) is 58.7 Å². The van der Waals surface area contributed by atoms with E-state index in [2.05, 4.69) is 43.4 Å². The predicted molar refractivity (Wildman–Crippen MR) is 88.5 cm³/mol. The summed E-state index contributed by atoms with van der Waals surface area (Å²) in [5.41, 5.74) is 4.72. The molecular weight excluding hydrogens is 294 g/mol. The highest BCUT2D eigenvalue weighted by molar-refractivity contribution is 7.99. The van der Waals surface area contributed by atoms with Gasteiger partial charge in [-0.05, 0) is 49.1 Å². The Morgan fingerprint density at radius 1 is 1.18 bits per heavy atom. The van der Waals surface area contributed by atoms with Gasteiger partial charge in [0.15, 0.2) is 0 Å². The Kier molecular flexibility index (Phi) is 4.12. The highest BCUT2D eigenvalue weighted by atomic mass is 32.2. The second-order valence-corrected chi connectivity index (χ2v) is 6.43. The van der Waals surface area contributed by atoms with Crippen LogP contribution in [0.25, 0.3) is 0 Å². The lowest BCUT2D eigenvalue weighted by Gasteiger charge is -2.30. The van der Waals surface area contributed by atoms with E-state index in [-0.39, 0.29) is 12.1 Å². The van der Waals surface area contributed by atoms with Crippen LogP contribution in [0, 0.1) is 13.8 Å². The van der Waals surface area contributed by atoms with Gasteiger partial charge >= 0.3 is 6.09 Å². The number of carbonyl (C=O) groups excluding carboxylic acids is 1. The molecule has 0 bridgehead atoms. The molecule has 1 N–H and O–H groups in total. The fourth-order valence-corrected chi connectivity index (χ4v) is 4.11. The first-order valence-electron chi connectivity index (χ1n) is 7.42. The van der Waals surface area contributed by atoms with E-state index >= 15 is 0 Å². The molecule has 0 saturated carbocycles. The summed E-state index contributed by atoms with van der Waals surface area (Å²) < 4.78 is 5.09. The van der Waals surface area contributed by atoms with E-state index in [1.54, 1.807) is 11.8 Å². The second-order valence-electron chi connectivity index (χ2n) is 5.38. The number of fused-ring (bicyclic) bond motifs is 2. The van der Waals surface area contributed by atoms with Gasteiger partial charge < -0.3 is 10.1 Å². The van der Waals surface area contributed by atoms with Crippen LogP contribution in [0.3, 0.4) is 0 Å². The van der Waals surface area contributed by atoms with Crippen LogP contribution in [0.4, 0.5) is 4.79 Å². The standard InChI is InChI=1S/C18H19NO2S/c1-4-21-18(20)19-16-13-7-5-6-8-14(13)22-17-12(3)10-9-11(2)15(16)17/h5-10,16H,4H2,1-3H3,(H,19,20). The van der Waals surface area contributed by atoms with Gasteiger partial charge in [0.2, 0.25) is 0 Å². The number of aryl methyl sites for hydroxylation is 2. The third-order valence-electron chi connectivity index (χ3n) is 3.88. The molecule has 1 heterocycles. The summed E-state index contributed by atoms with van der Waals surface area (Å²) >= 11 is 1.78. The molecular formula is C18H19NO2S. The molecule has 2 aromatic carbocycles. The van der Waals surface area contributed by atoms with Crippen LogP contribution in [-0.4, -0.2) is 12.7 Å². The maximum atomic E-state index is 12.0. The maximum Gasteiger partial charge on any atom is 0.407 e. The largest absolute Gasteiger partial charge is 0.450 e. The minimum Gasteiger partial charge on any atom is -0.450 e. The summed E-state index contributed by atoms with van der Waals surface area (Å²) in [5.74, 6) is 0. The molecule has 1 aliphatic heterocycles. The Morgan fingerprint density at radius 3 is 2.68 bits per heavy atom. The number of hydrogen-bond acceptors (Lipinski definition) is 3. The number of hydrogen-bond donors (Lipinski definition) is 1. The first-order valence-corrected chi connectivity index (χ1v) is 8.23. The molecule has 0 spiro atoms. The molecule has 2 aromatic rings. The van der Waals surface area contributed by atoms with Gasteiger partial charge in [0, 0.05) is 9.79 Å². The number of carbonyl (C=O) groups is 1. The van der Waals surface area contributed by atoms with Crippen LogP contribution in [0.15, 0.2) is 46.2 Å². The lowest BCUT2D eigenvalue weighted by molar-refractivity contribution is 0.149. The molecule has 4 heteroatoms. The first-order chi connectivity index (χ1) is 10.6. The van der Waals surface area contributed by atoms with Crippen LogP contribution < -0.4 is 5.32 Å². The van der Waals surface area contributed by atoms with Crippen molar-refractivity contribution >= 4 is 17.9 Å². The molecule has 0 aliphatic carbocycles. The Morgan fingerprint density at radius 2 is 1.91 bits per heavy atom. The van der Waals surface area contributed by atoms with E-state index in [1.165, 1.54) is 26.5 Å². The molecule has 22 heavy (non-hydrogen) atoms. The van der Waals surface area contributed by atoms with Crippen molar-refractivity contribution in [2.45, 2.75) is 36.6 Å². The molecule has 3 nitrogen and oxygen atoms in total. The van der Waals surface area contributed by atoms with E-state index in [4.69, 9.17) is 4.74 Å². The number of nitrogens with one attached hydrogen (secondary N) is 1. The highest BCUT2D eigenvalue weighted by Gasteiger charge is 2.30. The summed E-state index contributed by atoms with van der Waals surface area (Å²) in [7, 11) is 0. The van der Waals surface area contributed by atoms with Gasteiger partial charge in [0.05, 0.1) is 12.6 Å². The van der Waals surface area contributed by atoms with Crippen molar-refractivity contribution in [2.75, 3.05) is 6.61 Å². The van der Waals surface area contributed by atoms with Crippen molar-refractivity contribution in [1.29, 1.82) is 0 Å². The second kappa shape index (κ2) is 6.05. The van der Waals surface area contributed by atoms with Crippen LogP contribution in [-0.2, 0) is 4.74 Å². The van der Waals surface area contributed by atoms with E-state index in [0.29, 0.717) is 6.61 Å². The number of alkyl carbamates (subject to hydrolysis) is 1. The monoisotopic (exact) mass is 313 g/mol. The van der Waals surface area contributed by atoms with Gasteiger partial charge in [0.1, 0.15) is 0 Å². The Hall–Kier alpha value is -1.94. The molecule has 114 valence electrons. The van der Waals surface area contributed by atoms with Crippen molar-refractivity contribution in [2.24, 2.45) is 0 Å². The molecule has 0 aromatic heterocycles. The van der Waals surface area contributed by atoms with Crippen molar-refractivity contribution in [3.8, 4) is 0 Å². The molecule has 1 amide bonds. The van der Waals surface area contributed by atoms with Gasteiger partial charge in [-0.1, -0.05) is 42.1 Å². The third kappa shape index (κ3) is 2.59. The van der Waals surface area contributed by atoms with Crippen LogP contribution >= 0.6 is 11.8 Å². The minimum absolute atomic E-state index is 0.161. The number of ether oxygens (including phenoxy) is 1. The highest BCUT2D eigenvalue weighted by Crippen LogP contribution is 2.47. The molecule has 1 atom stereocenters. The molecule has 3 rings (SSSR count). The van der Waals surface area contributed by atoms with Gasteiger partial charge in [-0.3, -0.25) is 0 Å². The number of amides is 1. The van der Waals surface area contributed by atoms with Gasteiger partial charge in [-0.25, -0.2) is 4.79 Å². The lowest BCUT2D eigenvalue weighted by atomic mass is 9.93. The number of rotatable bonds is 2. The zero-order valence-corrected chi connectivity index (χ0v) is 13.8. The third-order valence-corrected chi connectivity index (χ3v) is 5.22. The Balaban J connectivity index is 2.12. The quantitative estimate of drug-likeness (QED) is 0.880.